The molecule has 0 bridgehead atoms. The molecule has 1 heterocycles. The number of nitrogens with zero attached hydrogens (tertiary/aromatic N) is 1. The molecule has 1 fully saturated rings. The Morgan fingerprint density at radius 3 is 2.35 bits per heavy atom. The Hall–Kier alpha value is -2.96. The third kappa shape index (κ3) is 6.03. The SMILES string of the molecule is CC(C)C(CNC(=O)C1CCN(C(=O)c2ccc(F)cc2F)CC1)Nc1ccccc1. The minimum absolute atomic E-state index is 0.0272. The van der Waals surface area contributed by atoms with Crippen LogP contribution in [0.25, 0.3) is 0 Å². The summed E-state index contributed by atoms with van der Waals surface area (Å²) in [7, 11) is 0. The van der Waals surface area contributed by atoms with Crippen LogP contribution in [0.3, 0.4) is 0 Å². The van der Waals surface area contributed by atoms with Crippen LogP contribution in [-0.4, -0.2) is 42.4 Å². The van der Waals surface area contributed by atoms with Gasteiger partial charge in [0.1, 0.15) is 11.6 Å². The molecule has 1 unspecified atom stereocenters. The standard InChI is InChI=1S/C24H29F2N3O2/c1-16(2)22(28-19-6-4-3-5-7-19)15-27-23(30)17-10-12-29(13-11-17)24(31)20-9-8-18(25)14-21(20)26/h3-9,14,16-17,22,28H,10-13,15H2,1-2H3,(H,27,30). The fourth-order valence-corrected chi connectivity index (χ4v) is 3.73. The summed E-state index contributed by atoms with van der Waals surface area (Å²) < 4.78 is 27.0. The molecule has 2 N–H and O–H groups in total. The maximum atomic E-state index is 13.9. The Morgan fingerprint density at radius 2 is 1.74 bits per heavy atom. The second kappa shape index (κ2) is 10.4. The zero-order valence-corrected chi connectivity index (χ0v) is 17.9. The van der Waals surface area contributed by atoms with Gasteiger partial charge < -0.3 is 15.5 Å². The van der Waals surface area contributed by atoms with Crippen molar-refractivity contribution in [2.24, 2.45) is 11.8 Å². The molecule has 3 rings (SSSR count). The number of hydrogen-bond acceptors (Lipinski definition) is 3. The zero-order valence-electron chi connectivity index (χ0n) is 17.9. The second-order valence-electron chi connectivity index (χ2n) is 8.30. The molecular weight excluding hydrogens is 400 g/mol. The number of carbonyl (C=O) groups is 2. The van der Waals surface area contributed by atoms with E-state index in [0.717, 1.165) is 17.8 Å². The van der Waals surface area contributed by atoms with E-state index in [1.165, 1.54) is 4.90 Å². The molecule has 0 aliphatic carbocycles. The number of carbonyl (C=O) groups excluding carboxylic acids is 2. The summed E-state index contributed by atoms with van der Waals surface area (Å²) in [6, 6.07) is 12.9. The molecule has 0 aromatic heterocycles. The molecule has 1 atom stereocenters. The van der Waals surface area contributed by atoms with E-state index in [1.54, 1.807) is 0 Å². The summed E-state index contributed by atoms with van der Waals surface area (Å²) in [5, 5.41) is 6.49. The molecule has 31 heavy (non-hydrogen) atoms. The van der Waals surface area contributed by atoms with Crippen LogP contribution < -0.4 is 10.6 Å². The van der Waals surface area contributed by atoms with E-state index in [4.69, 9.17) is 0 Å². The fraction of sp³-hybridized carbons (Fsp3) is 0.417. The van der Waals surface area contributed by atoms with Crippen LogP contribution in [0.2, 0.25) is 0 Å². The zero-order chi connectivity index (χ0) is 22.4. The molecule has 1 aliphatic heterocycles. The molecule has 1 saturated heterocycles. The number of rotatable bonds is 7. The topological polar surface area (TPSA) is 61.4 Å². The minimum Gasteiger partial charge on any atom is -0.380 e. The molecule has 7 heteroatoms. The van der Waals surface area contributed by atoms with Crippen LogP contribution in [0.5, 0.6) is 0 Å². The largest absolute Gasteiger partial charge is 0.380 e. The lowest BCUT2D eigenvalue weighted by Gasteiger charge is -2.32. The van der Waals surface area contributed by atoms with Gasteiger partial charge in [-0.3, -0.25) is 9.59 Å². The number of piperidine rings is 1. The monoisotopic (exact) mass is 429 g/mol. The molecule has 1 aliphatic rings. The fourth-order valence-electron chi connectivity index (χ4n) is 3.73. The number of anilines is 1. The van der Waals surface area contributed by atoms with Gasteiger partial charge in [-0.15, -0.1) is 0 Å². The Balaban J connectivity index is 1.49. The first-order chi connectivity index (χ1) is 14.8. The first-order valence-electron chi connectivity index (χ1n) is 10.7. The number of amides is 2. The normalized spacial score (nSPS) is 15.6. The highest BCUT2D eigenvalue weighted by molar-refractivity contribution is 5.94. The Kier molecular flexibility index (Phi) is 7.60. The van der Waals surface area contributed by atoms with Gasteiger partial charge in [0, 0.05) is 43.3 Å². The van der Waals surface area contributed by atoms with E-state index in [0.29, 0.717) is 44.5 Å². The van der Waals surface area contributed by atoms with E-state index >= 15 is 0 Å². The molecule has 2 amide bonds. The molecule has 0 spiro atoms. The number of hydrogen-bond donors (Lipinski definition) is 2. The highest BCUT2D eigenvalue weighted by Crippen LogP contribution is 2.21. The van der Waals surface area contributed by atoms with Crippen molar-refractivity contribution in [3.05, 3.63) is 65.7 Å². The number of likely N-dealkylation sites (tertiary alicyclic amines) is 1. The first-order valence-corrected chi connectivity index (χ1v) is 10.7. The third-order valence-electron chi connectivity index (χ3n) is 5.74. The molecule has 166 valence electrons. The summed E-state index contributed by atoms with van der Waals surface area (Å²) in [5.74, 6) is -1.94. The Labute approximate surface area is 181 Å². The molecule has 0 radical (unpaired) electrons. The van der Waals surface area contributed by atoms with Crippen LogP contribution in [0.15, 0.2) is 48.5 Å². The quantitative estimate of drug-likeness (QED) is 0.698. The van der Waals surface area contributed by atoms with Crippen molar-refractivity contribution in [2.45, 2.75) is 32.7 Å². The van der Waals surface area contributed by atoms with Crippen LogP contribution in [0.4, 0.5) is 14.5 Å². The van der Waals surface area contributed by atoms with Crippen LogP contribution in [0.1, 0.15) is 37.0 Å². The van der Waals surface area contributed by atoms with Crippen LogP contribution in [-0.2, 0) is 4.79 Å². The van der Waals surface area contributed by atoms with Crippen LogP contribution >= 0.6 is 0 Å². The van der Waals surface area contributed by atoms with Crippen molar-refractivity contribution in [2.75, 3.05) is 25.0 Å². The number of nitrogens with one attached hydrogen (secondary N) is 2. The van der Waals surface area contributed by atoms with Crippen molar-refractivity contribution in [3.8, 4) is 0 Å². The maximum Gasteiger partial charge on any atom is 0.256 e. The molecule has 0 saturated carbocycles. The van der Waals surface area contributed by atoms with Crippen molar-refractivity contribution in [3.63, 3.8) is 0 Å². The highest BCUT2D eigenvalue weighted by atomic mass is 19.1. The van der Waals surface area contributed by atoms with E-state index in [1.807, 2.05) is 30.3 Å². The lowest BCUT2D eigenvalue weighted by atomic mass is 9.95. The van der Waals surface area contributed by atoms with Crippen molar-refractivity contribution in [1.82, 2.24) is 10.2 Å². The van der Waals surface area contributed by atoms with Gasteiger partial charge in [-0.2, -0.15) is 0 Å². The second-order valence-corrected chi connectivity index (χ2v) is 8.30. The molecule has 2 aromatic rings. The lowest BCUT2D eigenvalue weighted by molar-refractivity contribution is -0.126. The number of halogens is 2. The maximum absolute atomic E-state index is 13.9. The van der Waals surface area contributed by atoms with E-state index in [9.17, 15) is 18.4 Å². The Bertz CT molecular complexity index is 897. The highest BCUT2D eigenvalue weighted by Gasteiger charge is 2.29. The number of benzene rings is 2. The summed E-state index contributed by atoms with van der Waals surface area (Å²) in [6.45, 7) is 5.44. The van der Waals surface area contributed by atoms with Gasteiger partial charge in [0.2, 0.25) is 5.91 Å². The van der Waals surface area contributed by atoms with Gasteiger partial charge in [-0.05, 0) is 43.0 Å². The van der Waals surface area contributed by atoms with Crippen molar-refractivity contribution >= 4 is 17.5 Å². The van der Waals surface area contributed by atoms with Crippen LogP contribution in [0, 0.1) is 23.5 Å². The smallest absolute Gasteiger partial charge is 0.256 e. The predicted octanol–water partition coefficient (Wildman–Crippen LogP) is 4.07. The van der Waals surface area contributed by atoms with Gasteiger partial charge in [-0.25, -0.2) is 8.78 Å². The van der Waals surface area contributed by atoms with Gasteiger partial charge >= 0.3 is 0 Å². The predicted molar refractivity (Wildman–Crippen MR) is 117 cm³/mol. The summed E-state index contributed by atoms with van der Waals surface area (Å²) in [4.78, 5) is 26.7. The lowest BCUT2D eigenvalue weighted by Crippen LogP contribution is -2.46. The Morgan fingerprint density at radius 1 is 1.06 bits per heavy atom. The molecule has 5 nitrogen and oxygen atoms in total. The summed E-state index contributed by atoms with van der Waals surface area (Å²) in [5.41, 5.74) is 0.867. The van der Waals surface area contributed by atoms with Gasteiger partial charge in [0.25, 0.3) is 5.91 Å². The van der Waals surface area contributed by atoms with Gasteiger partial charge in [0.05, 0.1) is 5.56 Å². The molecular formula is C24H29F2N3O2. The third-order valence-corrected chi connectivity index (χ3v) is 5.74. The number of para-hydroxylation sites is 1. The van der Waals surface area contributed by atoms with E-state index in [-0.39, 0.29) is 23.4 Å². The molecule has 2 aromatic carbocycles. The van der Waals surface area contributed by atoms with Gasteiger partial charge in [0.15, 0.2) is 0 Å². The van der Waals surface area contributed by atoms with E-state index < -0.39 is 17.5 Å². The minimum atomic E-state index is -0.865. The average molecular weight is 430 g/mol. The first kappa shape index (κ1) is 22.7. The van der Waals surface area contributed by atoms with E-state index in [2.05, 4.69) is 24.5 Å². The average Bonchev–Trinajstić information content (AvgIpc) is 2.76. The van der Waals surface area contributed by atoms with Gasteiger partial charge in [-0.1, -0.05) is 32.0 Å². The summed E-state index contributed by atoms with van der Waals surface area (Å²) in [6.07, 6.45) is 1.03. The van der Waals surface area contributed by atoms with Crippen molar-refractivity contribution in [1.29, 1.82) is 0 Å². The summed E-state index contributed by atoms with van der Waals surface area (Å²) >= 11 is 0. The van der Waals surface area contributed by atoms with Crippen molar-refractivity contribution < 1.29 is 18.4 Å².